The number of hydrogen-bond acceptors (Lipinski definition) is 3. The van der Waals surface area contributed by atoms with Crippen molar-refractivity contribution in [2.45, 2.75) is 25.0 Å². The Balaban J connectivity index is 0.00000225. The molecule has 1 heterocycles. The normalized spacial score (nSPS) is 20.8. The highest BCUT2D eigenvalue weighted by Crippen LogP contribution is 2.34. The molecule has 0 aliphatic carbocycles. The van der Waals surface area contributed by atoms with E-state index in [0.29, 0.717) is 16.6 Å². The molecule has 0 spiro atoms. The van der Waals surface area contributed by atoms with E-state index in [1.807, 2.05) is 42.5 Å². The van der Waals surface area contributed by atoms with Gasteiger partial charge in [0.1, 0.15) is 11.4 Å². The summed E-state index contributed by atoms with van der Waals surface area (Å²) >= 11 is 12.1. The molecule has 3 rings (SSSR count). The van der Waals surface area contributed by atoms with Gasteiger partial charge in [-0.15, -0.1) is 12.4 Å². The minimum absolute atomic E-state index is 0. The Morgan fingerprint density at radius 3 is 2.68 bits per heavy atom. The average molecular weight is 403 g/mol. The second kappa shape index (κ2) is 8.61. The van der Waals surface area contributed by atoms with E-state index in [4.69, 9.17) is 27.9 Å². The van der Waals surface area contributed by atoms with Crippen LogP contribution in [0.5, 0.6) is 5.75 Å². The number of rotatable bonds is 4. The van der Waals surface area contributed by atoms with Crippen LogP contribution < -0.4 is 4.74 Å². The monoisotopic (exact) mass is 401 g/mol. The molecule has 3 nitrogen and oxygen atoms in total. The molecule has 1 aliphatic rings. The zero-order valence-corrected chi connectivity index (χ0v) is 16.4. The molecule has 1 aliphatic heterocycles. The molecular formula is C19H22Cl3NO2. The molecule has 1 atom stereocenters. The quantitative estimate of drug-likeness (QED) is 0.789. The molecule has 2 aromatic rings. The van der Waals surface area contributed by atoms with Crippen LogP contribution in [0.3, 0.4) is 0 Å². The Morgan fingerprint density at radius 1 is 1.16 bits per heavy atom. The maximum absolute atomic E-state index is 11.2. The molecule has 1 unspecified atom stereocenters. The lowest BCUT2D eigenvalue weighted by atomic mass is 9.85. The molecule has 2 aromatic carbocycles. The van der Waals surface area contributed by atoms with Crippen molar-refractivity contribution < 1.29 is 9.84 Å². The second-order valence-corrected chi connectivity index (χ2v) is 7.14. The number of methoxy groups -OCH3 is 1. The van der Waals surface area contributed by atoms with Crippen LogP contribution in [0.25, 0.3) is 0 Å². The molecule has 25 heavy (non-hydrogen) atoms. The van der Waals surface area contributed by atoms with Crippen molar-refractivity contribution in [2.75, 3.05) is 20.2 Å². The third-order valence-corrected chi connectivity index (χ3v) is 5.29. The lowest BCUT2D eigenvalue weighted by Crippen LogP contribution is -2.45. The molecule has 0 amide bonds. The van der Waals surface area contributed by atoms with Crippen LogP contribution in [0.15, 0.2) is 42.5 Å². The Hall–Kier alpha value is -0.970. The smallest absolute Gasteiger partial charge is 0.119 e. The molecule has 0 radical (unpaired) electrons. The van der Waals surface area contributed by atoms with Crippen LogP contribution in [-0.2, 0) is 12.1 Å². The molecule has 1 N–H and O–H groups in total. The second-order valence-electron chi connectivity index (χ2n) is 6.33. The topological polar surface area (TPSA) is 32.7 Å². The van der Waals surface area contributed by atoms with Crippen molar-refractivity contribution in [3.63, 3.8) is 0 Å². The maximum Gasteiger partial charge on any atom is 0.119 e. The summed E-state index contributed by atoms with van der Waals surface area (Å²) in [6, 6.07) is 13.4. The van der Waals surface area contributed by atoms with Gasteiger partial charge < -0.3 is 9.84 Å². The minimum Gasteiger partial charge on any atom is -0.497 e. The summed E-state index contributed by atoms with van der Waals surface area (Å²) in [4.78, 5) is 2.25. The van der Waals surface area contributed by atoms with E-state index in [9.17, 15) is 5.11 Å². The van der Waals surface area contributed by atoms with E-state index in [0.717, 1.165) is 42.8 Å². The highest BCUT2D eigenvalue weighted by Gasteiger charge is 2.35. The predicted octanol–water partition coefficient (Wildman–Crippen LogP) is 4.91. The van der Waals surface area contributed by atoms with Crippen LogP contribution in [-0.4, -0.2) is 30.2 Å². The van der Waals surface area contributed by atoms with Crippen molar-refractivity contribution in [3.05, 3.63) is 63.6 Å². The Morgan fingerprint density at radius 2 is 1.96 bits per heavy atom. The van der Waals surface area contributed by atoms with Gasteiger partial charge in [-0.1, -0.05) is 41.4 Å². The number of ether oxygens (including phenoxy) is 1. The van der Waals surface area contributed by atoms with Gasteiger partial charge in [0.25, 0.3) is 0 Å². The summed E-state index contributed by atoms with van der Waals surface area (Å²) in [6.45, 7) is 2.27. The fourth-order valence-electron chi connectivity index (χ4n) is 3.30. The van der Waals surface area contributed by atoms with Gasteiger partial charge in [0.15, 0.2) is 0 Å². The number of aliphatic hydroxyl groups is 1. The Bertz CT molecular complexity index is 726. The summed E-state index contributed by atoms with van der Waals surface area (Å²) in [7, 11) is 1.64. The van der Waals surface area contributed by atoms with Crippen molar-refractivity contribution in [1.82, 2.24) is 4.90 Å². The summed E-state index contributed by atoms with van der Waals surface area (Å²) in [5.74, 6) is 0.766. The van der Waals surface area contributed by atoms with Gasteiger partial charge in [0.05, 0.1) is 17.2 Å². The van der Waals surface area contributed by atoms with Gasteiger partial charge in [0.2, 0.25) is 0 Å². The fourth-order valence-corrected chi connectivity index (χ4v) is 3.62. The molecule has 0 aromatic heterocycles. The van der Waals surface area contributed by atoms with Gasteiger partial charge in [-0.05, 0) is 54.8 Å². The van der Waals surface area contributed by atoms with Gasteiger partial charge >= 0.3 is 0 Å². The molecule has 1 fully saturated rings. The highest BCUT2D eigenvalue weighted by atomic mass is 35.5. The van der Waals surface area contributed by atoms with Gasteiger partial charge in [-0.25, -0.2) is 0 Å². The third kappa shape index (κ3) is 4.81. The summed E-state index contributed by atoms with van der Waals surface area (Å²) in [6.07, 6.45) is 1.69. The maximum atomic E-state index is 11.2. The van der Waals surface area contributed by atoms with E-state index < -0.39 is 5.60 Å². The number of β-amino-alcohol motifs (C(OH)–C–C–N with tert-alkyl or cyclic N) is 1. The molecule has 136 valence electrons. The van der Waals surface area contributed by atoms with Crippen LogP contribution >= 0.6 is 35.6 Å². The number of piperidine rings is 1. The zero-order valence-electron chi connectivity index (χ0n) is 14.0. The predicted molar refractivity (Wildman–Crippen MR) is 105 cm³/mol. The average Bonchev–Trinajstić information content (AvgIpc) is 2.58. The van der Waals surface area contributed by atoms with E-state index >= 15 is 0 Å². The third-order valence-electron chi connectivity index (χ3n) is 4.55. The SMILES string of the molecule is COc1cccc(C2(O)CCCN(Cc3ccc(Cl)c(Cl)c3)C2)c1.Cl. The van der Waals surface area contributed by atoms with Gasteiger partial charge in [0, 0.05) is 13.1 Å². The molecule has 0 bridgehead atoms. The number of hydrogen-bond donors (Lipinski definition) is 1. The Kier molecular flexibility index (Phi) is 7.01. The van der Waals surface area contributed by atoms with Crippen LogP contribution in [0, 0.1) is 0 Å². The molecule has 1 saturated heterocycles. The van der Waals surface area contributed by atoms with E-state index in [1.165, 1.54) is 0 Å². The number of benzene rings is 2. The molecule has 0 saturated carbocycles. The van der Waals surface area contributed by atoms with E-state index in [1.54, 1.807) is 7.11 Å². The lowest BCUT2D eigenvalue weighted by Gasteiger charge is -2.39. The number of nitrogens with zero attached hydrogens (tertiary/aromatic N) is 1. The van der Waals surface area contributed by atoms with Gasteiger partial charge in [-0.2, -0.15) is 0 Å². The summed E-state index contributed by atoms with van der Waals surface area (Å²) in [5, 5.41) is 12.3. The van der Waals surface area contributed by atoms with Crippen molar-refractivity contribution in [3.8, 4) is 5.75 Å². The Labute approximate surface area is 164 Å². The lowest BCUT2D eigenvalue weighted by molar-refractivity contribution is -0.0382. The first kappa shape index (κ1) is 20.3. The van der Waals surface area contributed by atoms with Crippen molar-refractivity contribution in [2.24, 2.45) is 0 Å². The highest BCUT2D eigenvalue weighted by molar-refractivity contribution is 6.42. The first-order chi connectivity index (χ1) is 11.5. The summed E-state index contributed by atoms with van der Waals surface area (Å²) < 4.78 is 5.29. The van der Waals surface area contributed by atoms with E-state index in [2.05, 4.69) is 4.90 Å². The minimum atomic E-state index is -0.858. The molecular weight excluding hydrogens is 381 g/mol. The zero-order chi connectivity index (χ0) is 17.2. The van der Waals surface area contributed by atoms with Crippen molar-refractivity contribution >= 4 is 35.6 Å². The number of likely N-dealkylation sites (tertiary alicyclic amines) is 1. The first-order valence-electron chi connectivity index (χ1n) is 8.03. The number of halogens is 3. The fraction of sp³-hybridized carbons (Fsp3) is 0.368. The van der Waals surface area contributed by atoms with Crippen LogP contribution in [0.1, 0.15) is 24.0 Å². The standard InChI is InChI=1S/C19H21Cl2NO2.ClH/c1-24-16-5-2-4-15(11-16)19(23)8-3-9-22(13-19)12-14-6-7-17(20)18(21)10-14;/h2,4-7,10-11,23H,3,8-9,12-13H2,1H3;1H. The van der Waals surface area contributed by atoms with Crippen LogP contribution in [0.2, 0.25) is 10.0 Å². The first-order valence-corrected chi connectivity index (χ1v) is 8.79. The van der Waals surface area contributed by atoms with Crippen LogP contribution in [0.4, 0.5) is 0 Å². The van der Waals surface area contributed by atoms with E-state index in [-0.39, 0.29) is 12.4 Å². The summed E-state index contributed by atoms with van der Waals surface area (Å²) in [5.41, 5.74) is 1.14. The molecule has 6 heteroatoms. The van der Waals surface area contributed by atoms with Crippen molar-refractivity contribution in [1.29, 1.82) is 0 Å². The largest absolute Gasteiger partial charge is 0.497 e. The van der Waals surface area contributed by atoms with Gasteiger partial charge in [-0.3, -0.25) is 4.90 Å².